The Morgan fingerprint density at radius 1 is 0.667 bits per heavy atom. The van der Waals surface area contributed by atoms with Crippen molar-refractivity contribution in [1.29, 1.82) is 0 Å². The smallest absolute Gasteiger partial charge is 0.185 e. The van der Waals surface area contributed by atoms with Crippen molar-refractivity contribution in [2.75, 3.05) is 0 Å². The summed E-state index contributed by atoms with van der Waals surface area (Å²) in [5, 5.41) is 0. The van der Waals surface area contributed by atoms with Crippen molar-refractivity contribution in [3.63, 3.8) is 0 Å². The SMILES string of the molecule is CC(C)CC(C)(C#CC(C)(CC(C)C)O[Si](C)(C)C)O[Si](C)(C)C. The van der Waals surface area contributed by atoms with Gasteiger partial charge in [0.2, 0.25) is 0 Å². The van der Waals surface area contributed by atoms with Crippen molar-refractivity contribution in [2.24, 2.45) is 11.8 Å². The van der Waals surface area contributed by atoms with Gasteiger partial charge in [0.15, 0.2) is 16.6 Å². The molecule has 0 saturated heterocycles. The van der Waals surface area contributed by atoms with E-state index in [0.29, 0.717) is 11.8 Å². The summed E-state index contributed by atoms with van der Waals surface area (Å²) in [6, 6.07) is 0. The van der Waals surface area contributed by atoms with Gasteiger partial charge in [0.05, 0.1) is 0 Å². The Labute approximate surface area is 154 Å². The highest BCUT2D eigenvalue weighted by Crippen LogP contribution is 2.28. The first-order valence-corrected chi connectivity index (χ1v) is 16.2. The Hall–Kier alpha value is -0.0862. The molecule has 0 aliphatic heterocycles. The van der Waals surface area contributed by atoms with E-state index in [2.05, 4.69) is 92.7 Å². The van der Waals surface area contributed by atoms with Gasteiger partial charge in [-0.15, -0.1) is 0 Å². The van der Waals surface area contributed by atoms with Gasteiger partial charge < -0.3 is 8.85 Å². The second-order valence-corrected chi connectivity index (χ2v) is 19.2. The first-order chi connectivity index (χ1) is 10.5. The molecule has 0 bridgehead atoms. The third-order valence-electron chi connectivity index (χ3n) is 3.25. The Kier molecular flexibility index (Phi) is 8.50. The minimum absolute atomic E-state index is 0.389. The predicted octanol–water partition coefficient (Wildman–Crippen LogP) is 6.30. The molecule has 4 heteroatoms. The minimum Gasteiger partial charge on any atom is -0.402 e. The fourth-order valence-corrected chi connectivity index (χ4v) is 6.38. The standard InChI is InChI=1S/C20H42O2Si2/c1-17(2)15-19(5,21-23(7,8)9)13-14-20(6,16-18(3)4)22-24(10,11)12/h17-18H,15-16H2,1-12H3. The van der Waals surface area contributed by atoms with Crippen LogP contribution in [0, 0.1) is 23.7 Å². The van der Waals surface area contributed by atoms with Crippen LogP contribution in [0.2, 0.25) is 39.3 Å². The van der Waals surface area contributed by atoms with Crippen molar-refractivity contribution < 1.29 is 8.85 Å². The van der Waals surface area contributed by atoms with E-state index in [1.807, 2.05) is 0 Å². The average molecular weight is 371 g/mol. The average Bonchev–Trinajstić information content (AvgIpc) is 2.18. The second kappa shape index (κ2) is 8.53. The normalized spacial score (nSPS) is 18.1. The van der Waals surface area contributed by atoms with Crippen LogP contribution in [-0.2, 0) is 8.85 Å². The molecule has 0 saturated carbocycles. The fourth-order valence-electron chi connectivity index (χ4n) is 3.41. The summed E-state index contributed by atoms with van der Waals surface area (Å²) < 4.78 is 13.0. The van der Waals surface area contributed by atoms with E-state index in [1.165, 1.54) is 0 Å². The van der Waals surface area contributed by atoms with Gasteiger partial charge in [0.25, 0.3) is 0 Å². The zero-order valence-electron chi connectivity index (χ0n) is 18.4. The lowest BCUT2D eigenvalue weighted by atomic mass is 9.91. The summed E-state index contributed by atoms with van der Waals surface area (Å²) in [6.07, 6.45) is 1.91. The van der Waals surface area contributed by atoms with E-state index in [4.69, 9.17) is 8.85 Å². The fraction of sp³-hybridized carbons (Fsp3) is 0.900. The van der Waals surface area contributed by atoms with Crippen molar-refractivity contribution in [2.45, 2.75) is 105 Å². The van der Waals surface area contributed by atoms with Crippen LogP contribution in [0.5, 0.6) is 0 Å². The molecular formula is C20H42O2Si2. The lowest BCUT2D eigenvalue weighted by Gasteiger charge is -2.36. The van der Waals surface area contributed by atoms with Crippen LogP contribution in [0.4, 0.5) is 0 Å². The van der Waals surface area contributed by atoms with Crippen LogP contribution in [0.25, 0.3) is 0 Å². The van der Waals surface area contributed by atoms with Gasteiger partial charge in [-0.3, -0.25) is 0 Å². The third kappa shape index (κ3) is 11.5. The monoisotopic (exact) mass is 370 g/mol. The van der Waals surface area contributed by atoms with Crippen LogP contribution < -0.4 is 0 Å². The van der Waals surface area contributed by atoms with Gasteiger partial charge in [0, 0.05) is 0 Å². The largest absolute Gasteiger partial charge is 0.402 e. The first kappa shape index (κ1) is 23.9. The second-order valence-electron chi connectivity index (χ2n) is 10.3. The summed E-state index contributed by atoms with van der Waals surface area (Å²) in [6.45, 7) is 26.7. The van der Waals surface area contributed by atoms with Gasteiger partial charge in [-0.2, -0.15) is 0 Å². The van der Waals surface area contributed by atoms with E-state index in [1.54, 1.807) is 0 Å². The van der Waals surface area contributed by atoms with Gasteiger partial charge in [0.1, 0.15) is 11.2 Å². The molecule has 0 aromatic carbocycles. The van der Waals surface area contributed by atoms with Crippen molar-refractivity contribution >= 4 is 16.6 Å². The molecule has 142 valence electrons. The number of rotatable bonds is 8. The molecule has 0 fully saturated rings. The lowest BCUT2D eigenvalue weighted by molar-refractivity contribution is 0.105. The molecule has 0 spiro atoms. The molecule has 2 atom stereocenters. The van der Waals surface area contributed by atoms with Crippen molar-refractivity contribution in [3.05, 3.63) is 0 Å². The molecular weight excluding hydrogens is 328 g/mol. The maximum absolute atomic E-state index is 6.49. The molecule has 0 aromatic rings. The third-order valence-corrected chi connectivity index (χ3v) is 5.38. The quantitative estimate of drug-likeness (QED) is 0.368. The van der Waals surface area contributed by atoms with Crippen molar-refractivity contribution in [3.8, 4) is 11.8 Å². The molecule has 0 radical (unpaired) electrons. The van der Waals surface area contributed by atoms with E-state index in [0.717, 1.165) is 12.8 Å². The zero-order chi connectivity index (χ0) is 19.4. The van der Waals surface area contributed by atoms with Crippen LogP contribution in [0.15, 0.2) is 0 Å². The van der Waals surface area contributed by atoms with Crippen LogP contribution in [-0.4, -0.2) is 27.8 Å². The molecule has 0 amide bonds. The highest BCUT2D eigenvalue weighted by atomic mass is 28.4. The highest BCUT2D eigenvalue weighted by Gasteiger charge is 2.34. The van der Waals surface area contributed by atoms with Gasteiger partial charge in [-0.05, 0) is 77.8 Å². The van der Waals surface area contributed by atoms with E-state index in [-0.39, 0.29) is 11.2 Å². The summed E-state index contributed by atoms with van der Waals surface area (Å²) in [7, 11) is -3.34. The highest BCUT2D eigenvalue weighted by molar-refractivity contribution is 6.70. The van der Waals surface area contributed by atoms with Crippen LogP contribution in [0.1, 0.15) is 54.4 Å². The predicted molar refractivity (Wildman–Crippen MR) is 112 cm³/mol. The maximum Gasteiger partial charge on any atom is 0.185 e. The molecule has 0 aliphatic carbocycles. The number of hydrogen-bond acceptors (Lipinski definition) is 2. The van der Waals surface area contributed by atoms with Gasteiger partial charge >= 0.3 is 0 Å². The molecule has 0 rings (SSSR count). The Morgan fingerprint density at radius 3 is 1.08 bits per heavy atom. The Balaban J connectivity index is 5.68. The van der Waals surface area contributed by atoms with E-state index in [9.17, 15) is 0 Å². The van der Waals surface area contributed by atoms with Gasteiger partial charge in [-0.25, -0.2) is 0 Å². The molecule has 0 aliphatic rings. The summed E-state index contributed by atoms with van der Waals surface area (Å²) >= 11 is 0. The molecule has 0 aromatic heterocycles. The summed E-state index contributed by atoms with van der Waals surface area (Å²) in [4.78, 5) is 0. The maximum atomic E-state index is 6.49. The van der Waals surface area contributed by atoms with Crippen LogP contribution >= 0.6 is 0 Å². The molecule has 0 heterocycles. The van der Waals surface area contributed by atoms with E-state index < -0.39 is 16.6 Å². The first-order valence-electron chi connectivity index (χ1n) is 9.40. The van der Waals surface area contributed by atoms with Crippen molar-refractivity contribution in [1.82, 2.24) is 0 Å². The summed E-state index contributed by atoms with van der Waals surface area (Å²) in [5.41, 5.74) is -0.778. The Morgan fingerprint density at radius 2 is 0.917 bits per heavy atom. The molecule has 2 unspecified atom stereocenters. The minimum atomic E-state index is -1.67. The topological polar surface area (TPSA) is 18.5 Å². The number of hydrogen-bond donors (Lipinski definition) is 0. The molecule has 24 heavy (non-hydrogen) atoms. The zero-order valence-corrected chi connectivity index (χ0v) is 20.4. The molecule has 2 nitrogen and oxygen atoms in total. The summed E-state index contributed by atoms with van der Waals surface area (Å²) in [5.74, 6) is 8.13. The van der Waals surface area contributed by atoms with Crippen LogP contribution in [0.3, 0.4) is 0 Å². The lowest BCUT2D eigenvalue weighted by Crippen LogP contribution is -2.43. The molecule has 0 N–H and O–H groups in total. The Bertz CT molecular complexity index is 409. The van der Waals surface area contributed by atoms with E-state index >= 15 is 0 Å². The van der Waals surface area contributed by atoms with Gasteiger partial charge in [-0.1, -0.05) is 39.5 Å².